The molecule has 1 saturated heterocycles. The molecular weight excluding hydrogens is 406 g/mol. The van der Waals surface area contributed by atoms with Gasteiger partial charge >= 0.3 is 6.09 Å². The third kappa shape index (κ3) is 6.24. The molecule has 0 bridgehead atoms. The fourth-order valence-corrected chi connectivity index (χ4v) is 4.71. The molecule has 0 spiro atoms. The van der Waals surface area contributed by atoms with Gasteiger partial charge in [0.05, 0.1) is 0 Å². The van der Waals surface area contributed by atoms with Crippen LogP contribution in [0.15, 0.2) is 30.3 Å². The van der Waals surface area contributed by atoms with Crippen LogP contribution in [-0.2, 0) is 20.9 Å². The van der Waals surface area contributed by atoms with Crippen molar-refractivity contribution in [2.45, 2.75) is 91.5 Å². The highest BCUT2D eigenvalue weighted by Crippen LogP contribution is 2.40. The summed E-state index contributed by atoms with van der Waals surface area (Å²) >= 11 is 0. The van der Waals surface area contributed by atoms with E-state index in [-0.39, 0.29) is 18.6 Å². The molecule has 3 amide bonds. The second kappa shape index (κ2) is 11.3. The van der Waals surface area contributed by atoms with E-state index in [1.807, 2.05) is 65.0 Å². The Bertz CT molecular complexity index is 775. The first-order valence-electron chi connectivity index (χ1n) is 11.8. The second-order valence-electron chi connectivity index (χ2n) is 9.52. The summed E-state index contributed by atoms with van der Waals surface area (Å²) < 4.78 is 5.34. The monoisotopic (exact) mass is 445 g/mol. The number of nitrogens with one attached hydrogen (secondary N) is 1. The molecule has 1 aromatic rings. The number of ether oxygens (including phenoxy) is 1. The zero-order valence-corrected chi connectivity index (χ0v) is 20.1. The average Bonchev–Trinajstić information content (AvgIpc) is 3.17. The Morgan fingerprint density at radius 2 is 1.75 bits per heavy atom. The average molecular weight is 446 g/mol. The van der Waals surface area contributed by atoms with Gasteiger partial charge in [-0.25, -0.2) is 4.79 Å². The van der Waals surface area contributed by atoms with E-state index in [0.717, 1.165) is 31.2 Å². The minimum absolute atomic E-state index is 0.00994. The summed E-state index contributed by atoms with van der Waals surface area (Å²) in [7, 11) is 0. The lowest BCUT2D eigenvalue weighted by atomic mass is 9.83. The molecular formula is C25H39N3O4. The number of nitrogens with zero attached hydrogens (tertiary/aromatic N) is 1. The summed E-state index contributed by atoms with van der Waals surface area (Å²) in [5.74, 6) is -0.430. The van der Waals surface area contributed by atoms with Gasteiger partial charge in [0.2, 0.25) is 11.8 Å². The number of hydrogen-bond donors (Lipinski definition) is 2. The van der Waals surface area contributed by atoms with Gasteiger partial charge in [0.15, 0.2) is 0 Å². The van der Waals surface area contributed by atoms with Crippen molar-refractivity contribution in [3.8, 4) is 0 Å². The number of carbonyl (C=O) groups is 3. The number of nitrogens with two attached hydrogens (primary N) is 1. The second-order valence-corrected chi connectivity index (χ2v) is 9.52. The van der Waals surface area contributed by atoms with E-state index >= 15 is 0 Å². The highest BCUT2D eigenvalue weighted by molar-refractivity contribution is 5.92. The quantitative estimate of drug-likeness (QED) is 0.715. The Hall–Kier alpha value is -2.57. The smallest absolute Gasteiger partial charge is 0.408 e. The van der Waals surface area contributed by atoms with Gasteiger partial charge in [-0.3, -0.25) is 9.59 Å². The van der Waals surface area contributed by atoms with Crippen LogP contribution in [0, 0.1) is 11.3 Å². The van der Waals surface area contributed by atoms with Crippen LogP contribution in [0.2, 0.25) is 0 Å². The van der Waals surface area contributed by atoms with Crippen molar-refractivity contribution in [1.82, 2.24) is 10.2 Å². The van der Waals surface area contributed by atoms with Crippen molar-refractivity contribution in [1.29, 1.82) is 0 Å². The number of primary amides is 1. The Morgan fingerprint density at radius 3 is 2.34 bits per heavy atom. The number of rotatable bonds is 5. The molecule has 3 unspecified atom stereocenters. The van der Waals surface area contributed by atoms with Crippen molar-refractivity contribution in [2.75, 3.05) is 0 Å². The molecule has 0 aromatic heterocycles. The molecule has 2 fully saturated rings. The van der Waals surface area contributed by atoms with Crippen molar-refractivity contribution in [3.05, 3.63) is 35.9 Å². The molecule has 1 saturated carbocycles. The van der Waals surface area contributed by atoms with E-state index in [0.29, 0.717) is 12.3 Å². The van der Waals surface area contributed by atoms with Crippen LogP contribution in [0.5, 0.6) is 0 Å². The number of hydrogen-bond acceptors (Lipinski definition) is 4. The Labute approximate surface area is 192 Å². The van der Waals surface area contributed by atoms with E-state index in [9.17, 15) is 14.4 Å². The zero-order valence-electron chi connectivity index (χ0n) is 20.1. The van der Waals surface area contributed by atoms with E-state index < -0.39 is 29.5 Å². The molecule has 0 radical (unpaired) electrons. The topological polar surface area (TPSA) is 102 Å². The van der Waals surface area contributed by atoms with Gasteiger partial charge in [0.1, 0.15) is 18.7 Å². The number of carbonyl (C=O) groups excluding carboxylic acids is 3. The van der Waals surface area contributed by atoms with Crippen LogP contribution < -0.4 is 11.1 Å². The predicted molar refractivity (Wildman–Crippen MR) is 125 cm³/mol. The summed E-state index contributed by atoms with van der Waals surface area (Å²) in [6, 6.07) is 7.94. The van der Waals surface area contributed by atoms with Crippen LogP contribution in [0.3, 0.4) is 0 Å². The normalized spacial score (nSPS) is 23.3. The number of fused-ring (bicyclic) bond motifs is 1. The minimum atomic E-state index is -0.816. The first-order chi connectivity index (χ1) is 15.2. The summed E-state index contributed by atoms with van der Waals surface area (Å²) in [6.07, 6.45) is 3.98. The predicted octanol–water partition coefficient (Wildman–Crippen LogP) is 4.00. The molecule has 1 aromatic carbocycles. The molecule has 7 heteroatoms. The van der Waals surface area contributed by atoms with Crippen molar-refractivity contribution in [3.63, 3.8) is 0 Å². The molecule has 7 nitrogen and oxygen atoms in total. The lowest BCUT2D eigenvalue weighted by molar-refractivity contribution is -0.143. The molecule has 1 heterocycles. The van der Waals surface area contributed by atoms with Gasteiger partial charge in [-0.15, -0.1) is 0 Å². The lowest BCUT2D eigenvalue weighted by Gasteiger charge is -2.39. The van der Waals surface area contributed by atoms with Gasteiger partial charge in [-0.2, -0.15) is 0 Å². The Balaban J connectivity index is 0.00000176. The molecule has 1 aliphatic heterocycles. The van der Waals surface area contributed by atoms with Gasteiger partial charge < -0.3 is 20.7 Å². The van der Waals surface area contributed by atoms with Crippen LogP contribution >= 0.6 is 0 Å². The summed E-state index contributed by atoms with van der Waals surface area (Å²) in [5, 5.41) is 2.75. The van der Waals surface area contributed by atoms with E-state index in [2.05, 4.69) is 5.32 Å². The third-order valence-corrected chi connectivity index (χ3v) is 6.26. The third-order valence-electron chi connectivity index (χ3n) is 6.26. The van der Waals surface area contributed by atoms with Crippen LogP contribution in [0.25, 0.3) is 0 Å². The molecule has 2 aliphatic rings. The van der Waals surface area contributed by atoms with Gasteiger partial charge in [0, 0.05) is 6.04 Å². The first kappa shape index (κ1) is 25.7. The Morgan fingerprint density at radius 1 is 1.12 bits per heavy atom. The number of benzene rings is 1. The van der Waals surface area contributed by atoms with E-state index in [1.54, 1.807) is 4.90 Å². The molecule has 32 heavy (non-hydrogen) atoms. The molecule has 1 aliphatic carbocycles. The Kier molecular flexibility index (Phi) is 9.10. The standard InChI is InChI=1S/C23H33N3O4.C2H6/c1-23(2,3)19(25-22(29)30-14-15-9-5-4-6-10-15)21(28)26-17-12-8-7-11-16(17)13-18(26)20(24)27;1-2/h4-6,9-10,16-19H,7-8,11-14H2,1-3H3,(H2,24,27)(H,25,29);1-2H3/t16?,17?,18-,19?;/m0./s1. The van der Waals surface area contributed by atoms with Crippen molar-refractivity contribution in [2.24, 2.45) is 17.1 Å². The number of amides is 3. The first-order valence-corrected chi connectivity index (χ1v) is 11.8. The number of likely N-dealkylation sites (tertiary alicyclic amines) is 1. The van der Waals surface area contributed by atoms with Crippen LogP contribution in [0.1, 0.15) is 72.3 Å². The lowest BCUT2D eigenvalue weighted by Crippen LogP contribution is -2.59. The zero-order chi connectivity index (χ0) is 23.9. The molecule has 178 valence electrons. The van der Waals surface area contributed by atoms with Crippen LogP contribution in [0.4, 0.5) is 4.79 Å². The summed E-state index contributed by atoms with van der Waals surface area (Å²) in [5.41, 5.74) is 5.97. The maximum atomic E-state index is 13.6. The summed E-state index contributed by atoms with van der Waals surface area (Å²) in [6.45, 7) is 9.79. The van der Waals surface area contributed by atoms with Crippen molar-refractivity contribution < 1.29 is 19.1 Å². The highest BCUT2D eigenvalue weighted by Gasteiger charge is 2.50. The molecule has 3 rings (SSSR count). The fourth-order valence-electron chi connectivity index (χ4n) is 4.71. The highest BCUT2D eigenvalue weighted by atomic mass is 16.5. The maximum Gasteiger partial charge on any atom is 0.408 e. The molecule has 3 N–H and O–H groups in total. The largest absolute Gasteiger partial charge is 0.445 e. The van der Waals surface area contributed by atoms with E-state index in [1.165, 1.54) is 0 Å². The molecule has 4 atom stereocenters. The van der Waals surface area contributed by atoms with Crippen LogP contribution in [-0.4, -0.2) is 40.9 Å². The van der Waals surface area contributed by atoms with Gasteiger partial charge in [0.25, 0.3) is 0 Å². The fraction of sp³-hybridized carbons (Fsp3) is 0.640. The SMILES string of the molecule is CC.CC(C)(C)C(NC(=O)OCc1ccccc1)C(=O)N1C2CCCCC2C[C@H]1C(N)=O. The minimum Gasteiger partial charge on any atom is -0.445 e. The van der Waals surface area contributed by atoms with Crippen molar-refractivity contribution >= 4 is 17.9 Å². The number of alkyl carbamates (subject to hydrolysis) is 1. The van der Waals surface area contributed by atoms with Gasteiger partial charge in [-0.1, -0.05) is 77.8 Å². The maximum absolute atomic E-state index is 13.6. The van der Waals surface area contributed by atoms with Gasteiger partial charge in [-0.05, 0) is 36.2 Å². The van der Waals surface area contributed by atoms with E-state index in [4.69, 9.17) is 10.5 Å². The summed E-state index contributed by atoms with van der Waals surface area (Å²) in [4.78, 5) is 39.9.